The third-order valence-electron chi connectivity index (χ3n) is 3.40. The van der Waals surface area contributed by atoms with Gasteiger partial charge in [0.1, 0.15) is 5.75 Å². The summed E-state index contributed by atoms with van der Waals surface area (Å²) in [7, 11) is 1.64. The Hall–Kier alpha value is -2.29. The summed E-state index contributed by atoms with van der Waals surface area (Å²) in [6, 6.07) is 14.3. The molecule has 0 unspecified atom stereocenters. The van der Waals surface area contributed by atoms with Crippen LogP contribution >= 0.6 is 0 Å². The number of carbonyl (C=O) groups excluding carboxylic acids is 1. The first-order valence-corrected chi connectivity index (χ1v) is 6.60. The second kappa shape index (κ2) is 6.24. The van der Waals surface area contributed by atoms with Crippen molar-refractivity contribution in [2.45, 2.75) is 19.9 Å². The quantitative estimate of drug-likeness (QED) is 0.844. The maximum absolute atomic E-state index is 10.6. The Balaban J connectivity index is 2.38. The van der Waals surface area contributed by atoms with E-state index in [-0.39, 0.29) is 6.04 Å². The Labute approximate surface area is 119 Å². The lowest BCUT2D eigenvalue weighted by Gasteiger charge is -2.16. The van der Waals surface area contributed by atoms with Crippen LogP contribution in [0.15, 0.2) is 42.5 Å². The van der Waals surface area contributed by atoms with Gasteiger partial charge in [-0.1, -0.05) is 42.0 Å². The van der Waals surface area contributed by atoms with Crippen molar-refractivity contribution in [1.29, 1.82) is 0 Å². The molecule has 2 aromatic carbocycles. The number of amides is 1. The summed E-state index contributed by atoms with van der Waals surface area (Å²) in [6.45, 7) is 4.00. The lowest BCUT2D eigenvalue weighted by Crippen LogP contribution is -2.16. The van der Waals surface area contributed by atoms with Crippen molar-refractivity contribution in [2.24, 2.45) is 0 Å². The van der Waals surface area contributed by atoms with Gasteiger partial charge >= 0.3 is 0 Å². The molecule has 0 aliphatic carbocycles. The largest absolute Gasteiger partial charge is 0.496 e. The van der Waals surface area contributed by atoms with Gasteiger partial charge in [-0.05, 0) is 31.0 Å². The highest BCUT2D eigenvalue weighted by atomic mass is 16.5. The van der Waals surface area contributed by atoms with Gasteiger partial charge in [0.05, 0.1) is 13.2 Å². The number of ether oxygens (including phenoxy) is 1. The lowest BCUT2D eigenvalue weighted by atomic mass is 9.99. The standard InChI is InChI=1S/C17H19NO2/c1-12-4-6-14(7-5-12)15-8-9-16(13(2)18-11-19)17(10-15)20-3/h4-11,13H,1-3H3,(H,18,19)/t13-/m0/s1. The summed E-state index contributed by atoms with van der Waals surface area (Å²) in [5, 5.41) is 2.74. The van der Waals surface area contributed by atoms with Crippen LogP contribution in [-0.4, -0.2) is 13.5 Å². The first-order valence-electron chi connectivity index (χ1n) is 6.60. The van der Waals surface area contributed by atoms with Crippen LogP contribution in [0.3, 0.4) is 0 Å². The van der Waals surface area contributed by atoms with Gasteiger partial charge in [0.15, 0.2) is 0 Å². The molecular formula is C17H19NO2. The minimum atomic E-state index is -0.0745. The van der Waals surface area contributed by atoms with Gasteiger partial charge in [-0.15, -0.1) is 0 Å². The summed E-state index contributed by atoms with van der Waals surface area (Å²) >= 11 is 0. The van der Waals surface area contributed by atoms with Crippen LogP contribution in [0.25, 0.3) is 11.1 Å². The van der Waals surface area contributed by atoms with Crippen LogP contribution < -0.4 is 10.1 Å². The third kappa shape index (κ3) is 2.99. The van der Waals surface area contributed by atoms with Crippen molar-refractivity contribution in [3.05, 3.63) is 53.6 Å². The number of aryl methyl sites for hydroxylation is 1. The first-order chi connectivity index (χ1) is 9.65. The van der Waals surface area contributed by atoms with E-state index in [1.807, 2.05) is 25.1 Å². The zero-order valence-electron chi connectivity index (χ0n) is 12.0. The fraction of sp³-hybridized carbons (Fsp3) is 0.235. The van der Waals surface area contributed by atoms with Gasteiger partial charge in [0, 0.05) is 5.56 Å². The van der Waals surface area contributed by atoms with E-state index < -0.39 is 0 Å². The van der Waals surface area contributed by atoms with Gasteiger partial charge in [-0.25, -0.2) is 0 Å². The van der Waals surface area contributed by atoms with E-state index in [0.29, 0.717) is 6.41 Å². The molecule has 2 rings (SSSR count). The van der Waals surface area contributed by atoms with Gasteiger partial charge in [-0.3, -0.25) is 4.79 Å². The van der Waals surface area contributed by atoms with Gasteiger partial charge in [0.25, 0.3) is 0 Å². The molecule has 1 N–H and O–H groups in total. The van der Waals surface area contributed by atoms with E-state index in [9.17, 15) is 4.79 Å². The Bertz CT molecular complexity index is 590. The van der Waals surface area contributed by atoms with Crippen molar-refractivity contribution < 1.29 is 9.53 Å². The van der Waals surface area contributed by atoms with Crippen molar-refractivity contribution in [2.75, 3.05) is 7.11 Å². The van der Waals surface area contributed by atoms with Crippen LogP contribution in [-0.2, 0) is 4.79 Å². The minimum absolute atomic E-state index is 0.0745. The molecular weight excluding hydrogens is 250 g/mol. The monoisotopic (exact) mass is 269 g/mol. The fourth-order valence-electron chi connectivity index (χ4n) is 2.19. The second-order valence-corrected chi connectivity index (χ2v) is 4.83. The molecule has 0 aromatic heterocycles. The highest BCUT2D eigenvalue weighted by Gasteiger charge is 2.11. The van der Waals surface area contributed by atoms with Crippen LogP contribution in [0, 0.1) is 6.92 Å². The van der Waals surface area contributed by atoms with Crippen LogP contribution in [0.2, 0.25) is 0 Å². The highest BCUT2D eigenvalue weighted by Crippen LogP contribution is 2.30. The predicted octanol–water partition coefficient (Wildman–Crippen LogP) is 3.48. The van der Waals surface area contributed by atoms with E-state index >= 15 is 0 Å². The first kappa shape index (κ1) is 14.1. The third-order valence-corrected chi connectivity index (χ3v) is 3.40. The van der Waals surface area contributed by atoms with E-state index in [0.717, 1.165) is 22.4 Å². The molecule has 0 aliphatic heterocycles. The minimum Gasteiger partial charge on any atom is -0.496 e. The average Bonchev–Trinajstić information content (AvgIpc) is 2.47. The van der Waals surface area contributed by atoms with Crippen LogP contribution in [0.5, 0.6) is 5.75 Å². The number of benzene rings is 2. The van der Waals surface area contributed by atoms with Crippen molar-refractivity contribution in [3.8, 4) is 16.9 Å². The summed E-state index contributed by atoms with van der Waals surface area (Å²) in [5.41, 5.74) is 4.46. The summed E-state index contributed by atoms with van der Waals surface area (Å²) in [4.78, 5) is 10.6. The number of rotatable bonds is 5. The van der Waals surface area contributed by atoms with Crippen LogP contribution in [0.4, 0.5) is 0 Å². The predicted molar refractivity (Wildman–Crippen MR) is 80.8 cm³/mol. The Morgan fingerprint density at radius 1 is 1.10 bits per heavy atom. The zero-order chi connectivity index (χ0) is 14.5. The molecule has 2 aromatic rings. The number of carbonyl (C=O) groups is 1. The molecule has 3 heteroatoms. The highest BCUT2D eigenvalue weighted by molar-refractivity contribution is 5.66. The molecule has 20 heavy (non-hydrogen) atoms. The van der Waals surface area contributed by atoms with E-state index in [2.05, 4.69) is 36.5 Å². The SMILES string of the molecule is COc1cc(-c2ccc(C)cc2)ccc1[C@H](C)NC=O. The average molecular weight is 269 g/mol. The lowest BCUT2D eigenvalue weighted by molar-refractivity contribution is -0.110. The maximum Gasteiger partial charge on any atom is 0.207 e. The summed E-state index contributed by atoms with van der Waals surface area (Å²) < 4.78 is 5.44. The summed E-state index contributed by atoms with van der Waals surface area (Å²) in [5.74, 6) is 0.782. The van der Waals surface area contributed by atoms with Gasteiger partial charge in [-0.2, -0.15) is 0 Å². The fourth-order valence-corrected chi connectivity index (χ4v) is 2.19. The molecule has 0 spiro atoms. The number of hydrogen-bond acceptors (Lipinski definition) is 2. The van der Waals surface area contributed by atoms with Gasteiger partial charge < -0.3 is 10.1 Å². The molecule has 0 saturated carbocycles. The summed E-state index contributed by atoms with van der Waals surface area (Å²) in [6.07, 6.45) is 0.706. The van der Waals surface area contributed by atoms with E-state index in [4.69, 9.17) is 4.74 Å². The Morgan fingerprint density at radius 2 is 1.75 bits per heavy atom. The molecule has 3 nitrogen and oxygen atoms in total. The van der Waals surface area contributed by atoms with Crippen LogP contribution in [0.1, 0.15) is 24.1 Å². The molecule has 0 fully saturated rings. The maximum atomic E-state index is 10.6. The molecule has 0 heterocycles. The van der Waals surface area contributed by atoms with Gasteiger partial charge in [0.2, 0.25) is 6.41 Å². The topological polar surface area (TPSA) is 38.3 Å². The Morgan fingerprint density at radius 3 is 2.35 bits per heavy atom. The number of methoxy groups -OCH3 is 1. The zero-order valence-corrected chi connectivity index (χ0v) is 12.0. The number of hydrogen-bond donors (Lipinski definition) is 1. The van der Waals surface area contributed by atoms with Crippen molar-refractivity contribution in [1.82, 2.24) is 5.32 Å². The molecule has 0 saturated heterocycles. The molecule has 1 atom stereocenters. The molecule has 0 radical (unpaired) electrons. The normalized spacial score (nSPS) is 11.8. The molecule has 1 amide bonds. The van der Waals surface area contributed by atoms with E-state index in [1.165, 1.54) is 5.56 Å². The smallest absolute Gasteiger partial charge is 0.207 e. The molecule has 0 bridgehead atoms. The number of nitrogens with one attached hydrogen (secondary N) is 1. The van der Waals surface area contributed by atoms with Crippen molar-refractivity contribution >= 4 is 6.41 Å². The molecule has 104 valence electrons. The second-order valence-electron chi connectivity index (χ2n) is 4.83. The van der Waals surface area contributed by atoms with E-state index in [1.54, 1.807) is 7.11 Å². The molecule has 0 aliphatic rings. The van der Waals surface area contributed by atoms with Crippen molar-refractivity contribution in [3.63, 3.8) is 0 Å². The Kier molecular flexibility index (Phi) is 4.41.